The van der Waals surface area contributed by atoms with E-state index >= 15 is 0 Å². The highest BCUT2D eigenvalue weighted by Gasteiger charge is 2.21. The van der Waals surface area contributed by atoms with E-state index in [0.29, 0.717) is 0 Å². The van der Waals surface area contributed by atoms with Gasteiger partial charge < -0.3 is 19.9 Å². The van der Waals surface area contributed by atoms with Crippen LogP contribution in [0.2, 0.25) is 0 Å². The zero-order valence-corrected chi connectivity index (χ0v) is 19.9. The number of aromatic nitrogens is 2. The standard InChI is InChI=1S/C19H28N6OS.HI/c1-4-17-22-19(27-23-17)25-13-11-24(12-14-25)18(20-2)21-10-9-15-5-7-16(26-3)8-6-15;/h5-8H,4,9-14H2,1-3H3,(H,20,21);1H. The Balaban J connectivity index is 0.00000280. The number of nitrogens with one attached hydrogen (secondary N) is 1. The van der Waals surface area contributed by atoms with Crippen LogP contribution in [0.4, 0.5) is 5.13 Å². The minimum atomic E-state index is 0. The summed E-state index contributed by atoms with van der Waals surface area (Å²) >= 11 is 1.50. The second-order valence-electron chi connectivity index (χ2n) is 6.39. The molecule has 2 heterocycles. The van der Waals surface area contributed by atoms with E-state index in [0.717, 1.165) is 68.2 Å². The minimum absolute atomic E-state index is 0. The highest BCUT2D eigenvalue weighted by Crippen LogP contribution is 2.19. The molecule has 1 saturated heterocycles. The molecule has 0 amide bonds. The number of piperazine rings is 1. The Morgan fingerprint density at radius 1 is 1.21 bits per heavy atom. The average molecular weight is 516 g/mol. The fourth-order valence-corrected chi connectivity index (χ4v) is 3.87. The number of rotatable bonds is 6. The lowest BCUT2D eigenvalue weighted by Gasteiger charge is -2.36. The maximum atomic E-state index is 5.20. The predicted molar refractivity (Wildman–Crippen MR) is 127 cm³/mol. The second-order valence-corrected chi connectivity index (χ2v) is 7.12. The first-order chi connectivity index (χ1) is 13.2. The molecule has 0 aliphatic carbocycles. The molecule has 7 nitrogen and oxygen atoms in total. The van der Waals surface area contributed by atoms with Gasteiger partial charge in [0.1, 0.15) is 11.6 Å². The van der Waals surface area contributed by atoms with Gasteiger partial charge in [-0.25, -0.2) is 4.98 Å². The molecule has 2 aromatic rings. The van der Waals surface area contributed by atoms with E-state index in [1.165, 1.54) is 17.1 Å². The van der Waals surface area contributed by atoms with Crippen molar-refractivity contribution in [1.29, 1.82) is 0 Å². The third-order valence-corrected chi connectivity index (χ3v) is 5.51. The van der Waals surface area contributed by atoms with E-state index < -0.39 is 0 Å². The molecule has 0 spiro atoms. The van der Waals surface area contributed by atoms with Crippen LogP contribution in [-0.2, 0) is 12.8 Å². The van der Waals surface area contributed by atoms with E-state index in [-0.39, 0.29) is 24.0 Å². The number of halogens is 1. The zero-order chi connectivity index (χ0) is 19.1. The second kappa shape index (κ2) is 11.4. The summed E-state index contributed by atoms with van der Waals surface area (Å²) in [5.74, 6) is 2.80. The van der Waals surface area contributed by atoms with E-state index in [2.05, 4.69) is 48.5 Å². The summed E-state index contributed by atoms with van der Waals surface area (Å²) in [7, 11) is 3.54. The molecule has 0 bridgehead atoms. The van der Waals surface area contributed by atoms with Gasteiger partial charge in [0, 0.05) is 57.7 Å². The minimum Gasteiger partial charge on any atom is -0.497 e. The Morgan fingerprint density at radius 2 is 1.93 bits per heavy atom. The zero-order valence-electron chi connectivity index (χ0n) is 16.7. The molecule has 0 saturated carbocycles. The number of anilines is 1. The van der Waals surface area contributed by atoms with Crippen LogP contribution >= 0.6 is 35.5 Å². The van der Waals surface area contributed by atoms with Gasteiger partial charge in [0.15, 0.2) is 5.96 Å². The summed E-state index contributed by atoms with van der Waals surface area (Å²) in [5, 5.41) is 4.52. The number of hydrogen-bond acceptors (Lipinski definition) is 6. The first kappa shape index (κ1) is 22.7. The number of aryl methyl sites for hydroxylation is 1. The van der Waals surface area contributed by atoms with Crippen LogP contribution < -0.4 is 15.0 Å². The van der Waals surface area contributed by atoms with Crippen LogP contribution in [0, 0.1) is 0 Å². The van der Waals surface area contributed by atoms with Gasteiger partial charge in [-0.2, -0.15) is 4.37 Å². The fourth-order valence-electron chi connectivity index (χ4n) is 3.07. The van der Waals surface area contributed by atoms with Gasteiger partial charge in [-0.05, 0) is 24.1 Å². The Bertz CT molecular complexity index is 743. The van der Waals surface area contributed by atoms with Crippen molar-refractivity contribution in [1.82, 2.24) is 19.6 Å². The number of ether oxygens (including phenoxy) is 1. The molecule has 1 aromatic heterocycles. The number of methoxy groups -OCH3 is 1. The number of guanidine groups is 1. The maximum absolute atomic E-state index is 5.20. The molecule has 1 N–H and O–H groups in total. The highest BCUT2D eigenvalue weighted by molar-refractivity contribution is 14.0. The summed E-state index contributed by atoms with van der Waals surface area (Å²) in [6, 6.07) is 8.21. The van der Waals surface area contributed by atoms with Crippen LogP contribution in [0.15, 0.2) is 29.3 Å². The van der Waals surface area contributed by atoms with Crippen molar-refractivity contribution in [2.24, 2.45) is 4.99 Å². The van der Waals surface area contributed by atoms with Crippen LogP contribution in [0.1, 0.15) is 18.3 Å². The Kier molecular flexibility index (Phi) is 9.23. The lowest BCUT2D eigenvalue weighted by Crippen LogP contribution is -2.52. The summed E-state index contributed by atoms with van der Waals surface area (Å²) < 4.78 is 9.60. The summed E-state index contributed by atoms with van der Waals surface area (Å²) in [4.78, 5) is 13.7. The van der Waals surface area contributed by atoms with Crippen LogP contribution in [-0.4, -0.2) is 67.1 Å². The van der Waals surface area contributed by atoms with E-state index in [9.17, 15) is 0 Å². The lowest BCUT2D eigenvalue weighted by atomic mass is 10.1. The van der Waals surface area contributed by atoms with Crippen molar-refractivity contribution in [2.45, 2.75) is 19.8 Å². The molecule has 0 atom stereocenters. The number of nitrogens with zero attached hydrogens (tertiary/aromatic N) is 5. The van der Waals surface area contributed by atoms with Gasteiger partial charge >= 0.3 is 0 Å². The summed E-state index contributed by atoms with van der Waals surface area (Å²) in [6.07, 6.45) is 1.84. The van der Waals surface area contributed by atoms with Crippen molar-refractivity contribution in [3.05, 3.63) is 35.7 Å². The molecule has 0 radical (unpaired) electrons. The molecule has 1 aliphatic rings. The maximum Gasteiger partial charge on any atom is 0.205 e. The topological polar surface area (TPSA) is 65.9 Å². The lowest BCUT2D eigenvalue weighted by molar-refractivity contribution is 0.372. The van der Waals surface area contributed by atoms with Crippen LogP contribution in [0.25, 0.3) is 0 Å². The first-order valence-electron chi connectivity index (χ1n) is 9.39. The molecule has 0 unspecified atom stereocenters. The van der Waals surface area contributed by atoms with Crippen molar-refractivity contribution < 1.29 is 4.74 Å². The first-order valence-corrected chi connectivity index (χ1v) is 10.2. The Morgan fingerprint density at radius 3 is 2.50 bits per heavy atom. The smallest absolute Gasteiger partial charge is 0.205 e. The van der Waals surface area contributed by atoms with Gasteiger partial charge in [0.05, 0.1) is 7.11 Å². The largest absolute Gasteiger partial charge is 0.497 e. The molecule has 3 rings (SSSR count). The molecule has 154 valence electrons. The van der Waals surface area contributed by atoms with Gasteiger partial charge in [0.25, 0.3) is 0 Å². The molecule has 9 heteroatoms. The van der Waals surface area contributed by atoms with Crippen LogP contribution in [0.5, 0.6) is 5.75 Å². The van der Waals surface area contributed by atoms with E-state index in [1.54, 1.807) is 7.11 Å². The van der Waals surface area contributed by atoms with Crippen molar-refractivity contribution in [3.8, 4) is 5.75 Å². The Labute approximate surface area is 188 Å². The fraction of sp³-hybridized carbons (Fsp3) is 0.526. The predicted octanol–water partition coefficient (Wildman–Crippen LogP) is 2.67. The van der Waals surface area contributed by atoms with Crippen molar-refractivity contribution in [2.75, 3.05) is 51.8 Å². The molecular weight excluding hydrogens is 487 g/mol. The number of benzene rings is 1. The molecule has 1 aromatic carbocycles. The molecule has 1 fully saturated rings. The van der Waals surface area contributed by atoms with Crippen molar-refractivity contribution in [3.63, 3.8) is 0 Å². The van der Waals surface area contributed by atoms with E-state index in [1.807, 2.05) is 19.2 Å². The van der Waals surface area contributed by atoms with Gasteiger partial charge in [-0.3, -0.25) is 4.99 Å². The summed E-state index contributed by atoms with van der Waals surface area (Å²) in [5.41, 5.74) is 1.28. The molecule has 28 heavy (non-hydrogen) atoms. The third kappa shape index (κ3) is 5.94. The third-order valence-electron chi connectivity index (χ3n) is 4.69. The molecule has 1 aliphatic heterocycles. The Hall–Kier alpha value is -1.62. The monoisotopic (exact) mass is 516 g/mol. The average Bonchev–Trinajstić information content (AvgIpc) is 3.21. The number of aliphatic imine (C=N–C) groups is 1. The quantitative estimate of drug-likeness (QED) is 0.362. The van der Waals surface area contributed by atoms with Crippen LogP contribution in [0.3, 0.4) is 0 Å². The van der Waals surface area contributed by atoms with E-state index in [4.69, 9.17) is 4.74 Å². The van der Waals surface area contributed by atoms with Gasteiger partial charge in [-0.15, -0.1) is 24.0 Å². The van der Waals surface area contributed by atoms with Gasteiger partial charge in [-0.1, -0.05) is 19.1 Å². The SMILES string of the molecule is CCc1nsc(N2CCN(C(=NC)NCCc3ccc(OC)cc3)CC2)n1.I. The summed E-state index contributed by atoms with van der Waals surface area (Å²) in [6.45, 7) is 6.70. The number of hydrogen-bond donors (Lipinski definition) is 1. The molecular formula is C19H29IN6OS. The highest BCUT2D eigenvalue weighted by atomic mass is 127. The van der Waals surface area contributed by atoms with Crippen molar-refractivity contribution >= 4 is 46.6 Å². The van der Waals surface area contributed by atoms with Gasteiger partial charge in [0.2, 0.25) is 5.13 Å². The normalized spacial score (nSPS) is 14.6.